The summed E-state index contributed by atoms with van der Waals surface area (Å²) in [6.45, 7) is 4.02. The van der Waals surface area contributed by atoms with Gasteiger partial charge in [-0.2, -0.15) is 5.10 Å². The number of aromatic nitrogens is 4. The second-order valence-electron chi connectivity index (χ2n) is 9.18. The molecule has 0 atom stereocenters. The normalized spacial score (nSPS) is 11.1. The molecule has 5 rings (SSSR count). The SMILES string of the molecule is CC(C)c1cc(NC(=O)Nc2cc(Oc3ccc(CCO)nc3)ccc2F)n(-c2ccc3ncccc3c2)n1. The maximum Gasteiger partial charge on any atom is 0.324 e. The van der Waals surface area contributed by atoms with E-state index in [1.165, 1.54) is 24.4 Å². The Hall–Kier alpha value is -4.83. The zero-order valence-electron chi connectivity index (χ0n) is 21.4. The fourth-order valence-corrected chi connectivity index (χ4v) is 3.97. The van der Waals surface area contributed by atoms with Crippen LogP contribution in [0.25, 0.3) is 16.6 Å². The standard InChI is InChI=1S/C29H27FN6O3/c1-18(2)26-16-28(36(35-26)21-6-10-25-19(14-21)4-3-12-31-25)34-29(38)33-27-15-22(8-9-24(27)30)39-23-7-5-20(11-13-37)32-17-23/h3-10,12,14-18,37H,11,13H2,1-2H3,(H2,33,34,38). The summed E-state index contributed by atoms with van der Waals surface area (Å²) in [7, 11) is 0. The summed E-state index contributed by atoms with van der Waals surface area (Å²) in [5, 5.41) is 20.0. The first-order chi connectivity index (χ1) is 18.9. The van der Waals surface area contributed by atoms with Crippen molar-refractivity contribution < 1.29 is 19.0 Å². The first kappa shape index (κ1) is 25.8. The molecule has 5 aromatic rings. The number of amides is 2. The van der Waals surface area contributed by atoms with Crippen LogP contribution in [0, 0.1) is 5.82 Å². The van der Waals surface area contributed by atoms with Crippen LogP contribution in [0.2, 0.25) is 0 Å². The number of aliphatic hydroxyl groups excluding tert-OH is 1. The van der Waals surface area contributed by atoms with Crippen molar-refractivity contribution in [1.82, 2.24) is 19.7 Å². The van der Waals surface area contributed by atoms with E-state index in [2.05, 4.69) is 25.7 Å². The molecule has 0 radical (unpaired) electrons. The zero-order valence-corrected chi connectivity index (χ0v) is 21.4. The number of fused-ring (bicyclic) bond motifs is 1. The number of ether oxygens (including phenoxy) is 1. The molecular weight excluding hydrogens is 499 g/mol. The summed E-state index contributed by atoms with van der Waals surface area (Å²) >= 11 is 0. The fourth-order valence-electron chi connectivity index (χ4n) is 3.97. The molecule has 10 heteroatoms. The molecule has 9 nitrogen and oxygen atoms in total. The van der Waals surface area contributed by atoms with E-state index in [1.54, 1.807) is 29.1 Å². The molecule has 2 amide bonds. The van der Waals surface area contributed by atoms with E-state index in [1.807, 2.05) is 44.2 Å². The van der Waals surface area contributed by atoms with Crippen LogP contribution in [0.5, 0.6) is 11.5 Å². The van der Waals surface area contributed by atoms with E-state index in [9.17, 15) is 9.18 Å². The van der Waals surface area contributed by atoms with Crippen LogP contribution in [0.4, 0.5) is 20.7 Å². The average Bonchev–Trinajstić information content (AvgIpc) is 3.35. The number of carbonyl (C=O) groups excluding carboxylic acids is 1. The number of rotatable bonds is 8. The molecule has 3 aromatic heterocycles. The number of anilines is 2. The van der Waals surface area contributed by atoms with E-state index >= 15 is 0 Å². The lowest BCUT2D eigenvalue weighted by Crippen LogP contribution is -2.22. The number of hydrogen-bond acceptors (Lipinski definition) is 6. The van der Waals surface area contributed by atoms with Crippen LogP contribution < -0.4 is 15.4 Å². The van der Waals surface area contributed by atoms with Crippen molar-refractivity contribution in [3.63, 3.8) is 0 Å². The van der Waals surface area contributed by atoms with E-state index in [0.29, 0.717) is 23.7 Å². The lowest BCUT2D eigenvalue weighted by Gasteiger charge is -2.12. The van der Waals surface area contributed by atoms with Crippen LogP contribution in [-0.4, -0.2) is 37.5 Å². The van der Waals surface area contributed by atoms with Gasteiger partial charge in [0, 0.05) is 42.4 Å². The Morgan fingerprint density at radius 2 is 1.87 bits per heavy atom. The third kappa shape index (κ3) is 6.02. The second kappa shape index (κ2) is 11.3. The van der Waals surface area contributed by atoms with Crippen LogP contribution >= 0.6 is 0 Å². The highest BCUT2D eigenvalue weighted by molar-refractivity contribution is 5.99. The minimum Gasteiger partial charge on any atom is -0.456 e. The van der Waals surface area contributed by atoms with Gasteiger partial charge in [-0.05, 0) is 54.4 Å². The zero-order chi connectivity index (χ0) is 27.4. The lowest BCUT2D eigenvalue weighted by atomic mass is 10.1. The van der Waals surface area contributed by atoms with Gasteiger partial charge in [-0.25, -0.2) is 13.9 Å². The quantitative estimate of drug-likeness (QED) is 0.227. The number of halogens is 1. The Bertz CT molecular complexity index is 1620. The van der Waals surface area contributed by atoms with E-state index in [4.69, 9.17) is 9.84 Å². The van der Waals surface area contributed by atoms with E-state index in [-0.39, 0.29) is 18.2 Å². The molecule has 39 heavy (non-hydrogen) atoms. The van der Waals surface area contributed by atoms with Crippen LogP contribution in [-0.2, 0) is 6.42 Å². The average molecular weight is 527 g/mol. The van der Waals surface area contributed by atoms with Gasteiger partial charge in [0.2, 0.25) is 0 Å². The van der Waals surface area contributed by atoms with Crippen molar-refractivity contribution in [1.29, 1.82) is 0 Å². The summed E-state index contributed by atoms with van der Waals surface area (Å²) in [6, 6.07) is 18.2. The molecule has 0 aliphatic rings. The van der Waals surface area contributed by atoms with Crippen LogP contribution in [0.1, 0.15) is 31.2 Å². The van der Waals surface area contributed by atoms with Gasteiger partial charge >= 0.3 is 6.03 Å². The van der Waals surface area contributed by atoms with Crippen molar-refractivity contribution in [3.05, 3.63) is 96.3 Å². The molecule has 0 saturated heterocycles. The summed E-state index contributed by atoms with van der Waals surface area (Å²) < 4.78 is 22.0. The minimum absolute atomic E-state index is 0.00156. The molecule has 0 aliphatic heterocycles. The minimum atomic E-state index is -0.639. The largest absolute Gasteiger partial charge is 0.456 e. The first-order valence-corrected chi connectivity index (χ1v) is 12.5. The topological polar surface area (TPSA) is 114 Å². The predicted octanol–water partition coefficient (Wildman–Crippen LogP) is 6.05. The number of urea groups is 1. The van der Waals surface area contributed by atoms with Gasteiger partial charge in [0.25, 0.3) is 0 Å². The van der Waals surface area contributed by atoms with Gasteiger partial charge in [-0.3, -0.25) is 15.3 Å². The molecule has 0 spiro atoms. The summed E-state index contributed by atoms with van der Waals surface area (Å²) in [5.41, 5.74) is 3.05. The predicted molar refractivity (Wildman–Crippen MR) is 147 cm³/mol. The van der Waals surface area contributed by atoms with Crippen molar-refractivity contribution in [3.8, 4) is 17.2 Å². The molecule has 3 heterocycles. The van der Waals surface area contributed by atoms with E-state index in [0.717, 1.165) is 28.0 Å². The van der Waals surface area contributed by atoms with Gasteiger partial charge in [-0.15, -0.1) is 0 Å². The molecule has 0 fully saturated rings. The number of hydrogen-bond donors (Lipinski definition) is 3. The third-order valence-corrected chi connectivity index (χ3v) is 5.98. The van der Waals surface area contributed by atoms with Gasteiger partial charge in [0.05, 0.1) is 28.8 Å². The van der Waals surface area contributed by atoms with Crippen LogP contribution in [0.15, 0.2) is 79.1 Å². The van der Waals surface area contributed by atoms with Crippen molar-refractivity contribution in [2.24, 2.45) is 0 Å². The molecule has 0 aliphatic carbocycles. The Balaban J connectivity index is 1.35. The number of benzene rings is 2. The molecule has 2 aromatic carbocycles. The van der Waals surface area contributed by atoms with Crippen LogP contribution in [0.3, 0.4) is 0 Å². The Labute approximate surface area is 224 Å². The highest BCUT2D eigenvalue weighted by Crippen LogP contribution is 2.27. The second-order valence-corrected chi connectivity index (χ2v) is 9.18. The maximum absolute atomic E-state index is 14.6. The number of nitrogens with zero attached hydrogens (tertiary/aromatic N) is 4. The van der Waals surface area contributed by atoms with E-state index < -0.39 is 11.8 Å². The first-order valence-electron chi connectivity index (χ1n) is 12.5. The molecule has 198 valence electrons. The van der Waals surface area contributed by atoms with Crippen molar-refractivity contribution in [2.45, 2.75) is 26.2 Å². The number of pyridine rings is 2. The monoisotopic (exact) mass is 526 g/mol. The van der Waals surface area contributed by atoms with Crippen molar-refractivity contribution in [2.75, 3.05) is 17.2 Å². The molecule has 0 bridgehead atoms. The maximum atomic E-state index is 14.6. The van der Waals surface area contributed by atoms with Gasteiger partial charge in [0.15, 0.2) is 0 Å². The number of aliphatic hydroxyl groups is 1. The summed E-state index contributed by atoms with van der Waals surface area (Å²) in [4.78, 5) is 21.5. The van der Waals surface area contributed by atoms with Gasteiger partial charge in [-0.1, -0.05) is 19.9 Å². The summed E-state index contributed by atoms with van der Waals surface area (Å²) in [6.07, 6.45) is 3.69. The van der Waals surface area contributed by atoms with Crippen molar-refractivity contribution >= 4 is 28.4 Å². The fraction of sp³-hybridized carbons (Fsp3) is 0.172. The molecule has 0 unspecified atom stereocenters. The number of nitrogens with one attached hydrogen (secondary N) is 2. The highest BCUT2D eigenvalue weighted by atomic mass is 19.1. The van der Waals surface area contributed by atoms with Gasteiger partial charge in [0.1, 0.15) is 23.1 Å². The third-order valence-electron chi connectivity index (χ3n) is 5.98. The smallest absolute Gasteiger partial charge is 0.324 e. The Morgan fingerprint density at radius 3 is 2.64 bits per heavy atom. The number of carbonyl (C=O) groups is 1. The molecular formula is C29H27FN6O3. The lowest BCUT2D eigenvalue weighted by molar-refractivity contribution is 0.262. The summed E-state index contributed by atoms with van der Waals surface area (Å²) in [5.74, 6) is 0.693. The molecule has 0 saturated carbocycles. The molecule has 3 N–H and O–H groups in total. The highest BCUT2D eigenvalue weighted by Gasteiger charge is 2.16. The Morgan fingerprint density at radius 1 is 1.03 bits per heavy atom. The van der Waals surface area contributed by atoms with Gasteiger partial charge < -0.3 is 15.2 Å². The Kier molecular flexibility index (Phi) is 7.46.